The van der Waals surface area contributed by atoms with Crippen LogP contribution < -0.4 is 10.6 Å². The van der Waals surface area contributed by atoms with Crippen molar-refractivity contribution in [3.05, 3.63) is 23.8 Å². The molecule has 0 heterocycles. The summed E-state index contributed by atoms with van der Waals surface area (Å²) in [7, 11) is 1.38. The zero-order valence-corrected chi connectivity index (χ0v) is 11.7. The number of carbonyl (C=O) groups excluding carboxylic acids is 1. The van der Waals surface area contributed by atoms with Crippen molar-refractivity contribution in [2.75, 3.05) is 24.3 Å². The van der Waals surface area contributed by atoms with Crippen molar-refractivity contribution in [2.45, 2.75) is 38.6 Å². The van der Waals surface area contributed by atoms with Crippen molar-refractivity contribution in [1.29, 1.82) is 0 Å². The molecule has 1 aliphatic carbocycles. The number of carbonyl (C=O) groups is 1. The largest absolute Gasteiger partial charge is 0.465 e. The number of benzene rings is 1. The van der Waals surface area contributed by atoms with Crippen molar-refractivity contribution >= 4 is 17.3 Å². The molecule has 0 bridgehead atoms. The second-order valence-corrected chi connectivity index (χ2v) is 4.95. The molecule has 0 aliphatic heterocycles. The van der Waals surface area contributed by atoms with Gasteiger partial charge in [-0.3, -0.25) is 0 Å². The molecule has 0 unspecified atom stereocenters. The van der Waals surface area contributed by atoms with Gasteiger partial charge in [0.1, 0.15) is 0 Å². The van der Waals surface area contributed by atoms with E-state index >= 15 is 0 Å². The Balaban J connectivity index is 2.34. The molecule has 1 aromatic carbocycles. The first-order chi connectivity index (χ1) is 9.19. The molecule has 1 aromatic rings. The van der Waals surface area contributed by atoms with Crippen LogP contribution in [0.5, 0.6) is 0 Å². The quantitative estimate of drug-likeness (QED) is 0.669. The topological polar surface area (TPSA) is 55.6 Å². The minimum absolute atomic E-state index is 0.373. The van der Waals surface area contributed by atoms with E-state index in [1.807, 2.05) is 12.1 Å². The normalized spacial score (nSPS) is 15.5. The molecular formula is C15H22N2O2. The third-order valence-corrected chi connectivity index (χ3v) is 3.90. The highest BCUT2D eigenvalue weighted by Gasteiger charge is 2.24. The Labute approximate surface area is 114 Å². The summed E-state index contributed by atoms with van der Waals surface area (Å²) < 4.78 is 4.77. The minimum Gasteiger partial charge on any atom is -0.465 e. The second kappa shape index (κ2) is 5.95. The van der Waals surface area contributed by atoms with Crippen molar-refractivity contribution in [3.63, 3.8) is 0 Å². The standard InChI is InChI=1S/C15H22N2O2/c1-3-17(11-7-4-5-8-11)13-10-6-9-12(14(13)16)15(18)19-2/h6,9-11H,3-5,7-8,16H2,1-2H3. The van der Waals surface area contributed by atoms with Crippen molar-refractivity contribution in [2.24, 2.45) is 0 Å². The maximum atomic E-state index is 11.7. The van der Waals surface area contributed by atoms with Crippen molar-refractivity contribution in [1.82, 2.24) is 0 Å². The number of nitrogen functional groups attached to an aromatic ring is 1. The number of nitrogens with two attached hydrogens (primary N) is 1. The lowest BCUT2D eigenvalue weighted by atomic mass is 10.1. The lowest BCUT2D eigenvalue weighted by molar-refractivity contribution is 0.0602. The zero-order valence-electron chi connectivity index (χ0n) is 11.7. The summed E-state index contributed by atoms with van der Waals surface area (Å²) in [6.45, 7) is 3.03. The SMILES string of the molecule is CCN(c1cccc(C(=O)OC)c1N)C1CCCC1. The fraction of sp³-hybridized carbons (Fsp3) is 0.533. The minimum atomic E-state index is -0.373. The van der Waals surface area contributed by atoms with Crippen LogP contribution >= 0.6 is 0 Å². The molecule has 1 saturated carbocycles. The van der Waals surface area contributed by atoms with E-state index < -0.39 is 0 Å². The van der Waals surface area contributed by atoms with Crippen LogP contribution in [0, 0.1) is 0 Å². The lowest BCUT2D eigenvalue weighted by Crippen LogP contribution is -2.33. The predicted molar refractivity (Wildman–Crippen MR) is 77.5 cm³/mol. The van der Waals surface area contributed by atoms with Crippen LogP contribution in [0.3, 0.4) is 0 Å². The van der Waals surface area contributed by atoms with E-state index in [-0.39, 0.29) is 5.97 Å². The molecular weight excluding hydrogens is 240 g/mol. The van der Waals surface area contributed by atoms with Gasteiger partial charge < -0.3 is 15.4 Å². The van der Waals surface area contributed by atoms with Crippen LogP contribution in [0.1, 0.15) is 43.0 Å². The maximum absolute atomic E-state index is 11.7. The molecule has 1 fully saturated rings. The molecule has 0 atom stereocenters. The Hall–Kier alpha value is -1.71. The Kier molecular flexibility index (Phi) is 4.30. The molecule has 4 nitrogen and oxygen atoms in total. The molecule has 0 spiro atoms. The molecule has 0 saturated heterocycles. The summed E-state index contributed by atoms with van der Waals surface area (Å²) in [6, 6.07) is 6.12. The van der Waals surface area contributed by atoms with Crippen LogP contribution in [-0.2, 0) is 4.74 Å². The average Bonchev–Trinajstić information content (AvgIpc) is 2.94. The van der Waals surface area contributed by atoms with E-state index in [0.717, 1.165) is 12.2 Å². The molecule has 2 N–H and O–H groups in total. The second-order valence-electron chi connectivity index (χ2n) is 4.95. The molecule has 104 valence electrons. The van der Waals surface area contributed by atoms with Crippen molar-refractivity contribution in [3.8, 4) is 0 Å². The fourth-order valence-corrected chi connectivity index (χ4v) is 2.93. The van der Waals surface area contributed by atoms with Gasteiger partial charge in [-0.05, 0) is 31.9 Å². The van der Waals surface area contributed by atoms with E-state index in [2.05, 4.69) is 11.8 Å². The van der Waals surface area contributed by atoms with Crippen molar-refractivity contribution < 1.29 is 9.53 Å². The predicted octanol–water partition coefficient (Wildman–Crippen LogP) is 2.82. The van der Waals surface area contributed by atoms with Gasteiger partial charge >= 0.3 is 5.97 Å². The number of anilines is 2. The molecule has 1 aliphatic rings. The van der Waals surface area contributed by atoms with Gasteiger partial charge in [0.25, 0.3) is 0 Å². The van der Waals surface area contributed by atoms with Gasteiger partial charge in [-0.1, -0.05) is 18.9 Å². The summed E-state index contributed by atoms with van der Waals surface area (Å²) >= 11 is 0. The summed E-state index contributed by atoms with van der Waals surface area (Å²) in [6.07, 6.45) is 4.96. The van der Waals surface area contributed by atoms with Gasteiger partial charge in [-0.15, -0.1) is 0 Å². The number of hydrogen-bond donors (Lipinski definition) is 1. The molecule has 19 heavy (non-hydrogen) atoms. The van der Waals surface area contributed by atoms with Gasteiger partial charge in [0.15, 0.2) is 0 Å². The van der Waals surface area contributed by atoms with Gasteiger partial charge in [0.2, 0.25) is 0 Å². The Bertz CT molecular complexity index is 453. The van der Waals surface area contributed by atoms with Gasteiger partial charge in [0.05, 0.1) is 24.0 Å². The number of rotatable bonds is 4. The highest BCUT2D eigenvalue weighted by atomic mass is 16.5. The van der Waals surface area contributed by atoms with E-state index in [0.29, 0.717) is 17.3 Å². The highest BCUT2D eigenvalue weighted by molar-refractivity contribution is 5.98. The number of para-hydroxylation sites is 1. The Morgan fingerprint density at radius 2 is 2.11 bits per heavy atom. The van der Waals surface area contributed by atoms with Crippen LogP contribution in [0.4, 0.5) is 11.4 Å². The summed E-state index contributed by atoms with van der Waals surface area (Å²) in [5, 5.41) is 0. The molecule has 0 radical (unpaired) electrons. The smallest absolute Gasteiger partial charge is 0.340 e. The molecule has 2 rings (SSSR count). The van der Waals surface area contributed by atoms with E-state index in [9.17, 15) is 4.79 Å². The molecule has 0 aromatic heterocycles. The summed E-state index contributed by atoms with van der Waals surface area (Å²) in [5.74, 6) is -0.373. The number of methoxy groups -OCH3 is 1. The lowest BCUT2D eigenvalue weighted by Gasteiger charge is -2.31. The number of ether oxygens (including phenoxy) is 1. The third-order valence-electron chi connectivity index (χ3n) is 3.90. The average molecular weight is 262 g/mol. The summed E-state index contributed by atoms with van der Waals surface area (Å²) in [4.78, 5) is 14.0. The van der Waals surface area contributed by atoms with Crippen LogP contribution in [-0.4, -0.2) is 25.7 Å². The number of esters is 1. The molecule has 4 heteroatoms. The van der Waals surface area contributed by atoms with Gasteiger partial charge in [-0.25, -0.2) is 4.79 Å². The first kappa shape index (κ1) is 13.7. The van der Waals surface area contributed by atoms with Crippen LogP contribution in [0.15, 0.2) is 18.2 Å². The van der Waals surface area contributed by atoms with E-state index in [1.54, 1.807) is 6.07 Å². The number of hydrogen-bond acceptors (Lipinski definition) is 4. The third kappa shape index (κ3) is 2.67. The van der Waals surface area contributed by atoms with Crippen LogP contribution in [0.2, 0.25) is 0 Å². The van der Waals surface area contributed by atoms with E-state index in [1.165, 1.54) is 32.8 Å². The highest BCUT2D eigenvalue weighted by Crippen LogP contribution is 2.33. The fourth-order valence-electron chi connectivity index (χ4n) is 2.93. The Morgan fingerprint density at radius 1 is 1.42 bits per heavy atom. The molecule has 0 amide bonds. The first-order valence-corrected chi connectivity index (χ1v) is 6.92. The first-order valence-electron chi connectivity index (χ1n) is 6.92. The zero-order chi connectivity index (χ0) is 13.8. The van der Waals surface area contributed by atoms with Gasteiger partial charge in [0, 0.05) is 12.6 Å². The number of nitrogens with zero attached hydrogens (tertiary/aromatic N) is 1. The van der Waals surface area contributed by atoms with Crippen LogP contribution in [0.25, 0.3) is 0 Å². The summed E-state index contributed by atoms with van der Waals surface area (Å²) in [5.41, 5.74) is 8.10. The van der Waals surface area contributed by atoms with E-state index in [4.69, 9.17) is 10.5 Å². The Morgan fingerprint density at radius 3 is 2.68 bits per heavy atom. The van der Waals surface area contributed by atoms with Gasteiger partial charge in [-0.2, -0.15) is 0 Å². The monoisotopic (exact) mass is 262 g/mol. The maximum Gasteiger partial charge on any atom is 0.340 e.